The number of hydrogen-bond acceptors (Lipinski definition) is 2. The van der Waals surface area contributed by atoms with Crippen molar-refractivity contribution in [3.05, 3.63) is 28.2 Å². The van der Waals surface area contributed by atoms with Gasteiger partial charge in [0.25, 0.3) is 0 Å². The van der Waals surface area contributed by atoms with Crippen LogP contribution in [0.5, 0.6) is 0 Å². The first kappa shape index (κ1) is 14.4. The van der Waals surface area contributed by atoms with Crippen LogP contribution in [0.15, 0.2) is 16.6 Å². The maximum Gasteiger partial charge on any atom is 0.227 e. The largest absolute Gasteiger partial charge is 0.378 e. The molecule has 1 heterocycles. The van der Waals surface area contributed by atoms with Gasteiger partial charge in [0.2, 0.25) is 5.91 Å². The van der Waals surface area contributed by atoms with E-state index in [1.54, 1.807) is 0 Å². The second-order valence-electron chi connectivity index (χ2n) is 4.49. The van der Waals surface area contributed by atoms with Crippen LogP contribution < -0.4 is 5.32 Å². The van der Waals surface area contributed by atoms with Gasteiger partial charge in [-0.3, -0.25) is 4.79 Å². The zero-order valence-corrected chi connectivity index (χ0v) is 11.8. The lowest BCUT2D eigenvalue weighted by atomic mass is 10.1. The molecule has 1 fully saturated rings. The molecule has 1 aromatic carbocycles. The quantitative estimate of drug-likeness (QED) is 0.858. The molecule has 0 radical (unpaired) electrons. The van der Waals surface area contributed by atoms with Crippen LogP contribution in [0.2, 0.25) is 0 Å². The molecule has 1 amide bonds. The van der Waals surface area contributed by atoms with Gasteiger partial charge in [0.1, 0.15) is 11.6 Å². The van der Waals surface area contributed by atoms with Gasteiger partial charge in [0.15, 0.2) is 0 Å². The number of amides is 1. The van der Waals surface area contributed by atoms with Gasteiger partial charge in [0.05, 0.1) is 22.7 Å². The molecular formula is C13H14BrF2NO2. The summed E-state index contributed by atoms with van der Waals surface area (Å²) in [6.45, 7) is 0.652. The molecule has 0 saturated carbocycles. The minimum atomic E-state index is -0.675. The predicted molar refractivity (Wildman–Crippen MR) is 70.9 cm³/mol. The normalized spacial score (nSPS) is 19.2. The van der Waals surface area contributed by atoms with Gasteiger partial charge in [-0.15, -0.1) is 0 Å². The molecule has 0 spiro atoms. The predicted octanol–water partition coefficient (Wildman–Crippen LogP) is 3.63. The van der Waals surface area contributed by atoms with E-state index >= 15 is 0 Å². The first-order valence-corrected chi connectivity index (χ1v) is 6.91. The number of rotatable bonds is 3. The van der Waals surface area contributed by atoms with Crippen LogP contribution in [0.3, 0.4) is 0 Å². The molecule has 1 aliphatic rings. The summed E-state index contributed by atoms with van der Waals surface area (Å²) in [5.74, 6) is -1.66. The van der Waals surface area contributed by atoms with Crippen molar-refractivity contribution >= 4 is 27.5 Å². The number of nitrogens with one attached hydrogen (secondary N) is 1. The fourth-order valence-corrected chi connectivity index (χ4v) is 2.31. The monoisotopic (exact) mass is 333 g/mol. The third kappa shape index (κ3) is 3.98. The van der Waals surface area contributed by atoms with Crippen LogP contribution in [0, 0.1) is 11.6 Å². The molecule has 1 unspecified atom stereocenters. The first-order chi connectivity index (χ1) is 9.06. The smallest absolute Gasteiger partial charge is 0.227 e. The SMILES string of the molecule is O=C(CC1CCCCO1)Nc1cc(F)c(Br)cc1F. The molecule has 6 heteroatoms. The van der Waals surface area contributed by atoms with Crippen molar-refractivity contribution in [1.29, 1.82) is 0 Å². The molecule has 3 nitrogen and oxygen atoms in total. The lowest BCUT2D eigenvalue weighted by Gasteiger charge is -2.22. The maximum atomic E-state index is 13.5. The number of carbonyl (C=O) groups excluding carboxylic acids is 1. The second-order valence-corrected chi connectivity index (χ2v) is 5.34. The lowest BCUT2D eigenvalue weighted by molar-refractivity contribution is -0.119. The molecule has 104 valence electrons. The summed E-state index contributed by atoms with van der Waals surface area (Å²) in [6.07, 6.45) is 2.89. The van der Waals surface area contributed by atoms with Crippen LogP contribution in [0.1, 0.15) is 25.7 Å². The zero-order chi connectivity index (χ0) is 13.8. The van der Waals surface area contributed by atoms with Gasteiger partial charge in [0, 0.05) is 12.7 Å². The fraction of sp³-hybridized carbons (Fsp3) is 0.462. The van der Waals surface area contributed by atoms with Crippen molar-refractivity contribution in [2.24, 2.45) is 0 Å². The van der Waals surface area contributed by atoms with Crippen LogP contribution >= 0.6 is 15.9 Å². The van der Waals surface area contributed by atoms with Crippen molar-refractivity contribution in [2.75, 3.05) is 11.9 Å². The first-order valence-electron chi connectivity index (χ1n) is 6.12. The average molecular weight is 334 g/mol. The highest BCUT2D eigenvalue weighted by molar-refractivity contribution is 9.10. The van der Waals surface area contributed by atoms with E-state index in [2.05, 4.69) is 21.2 Å². The van der Waals surface area contributed by atoms with Gasteiger partial charge >= 0.3 is 0 Å². The zero-order valence-electron chi connectivity index (χ0n) is 10.2. The summed E-state index contributed by atoms with van der Waals surface area (Å²) in [5, 5.41) is 2.37. The molecular weight excluding hydrogens is 320 g/mol. The molecule has 19 heavy (non-hydrogen) atoms. The van der Waals surface area contributed by atoms with E-state index in [-0.39, 0.29) is 28.6 Å². The molecule has 1 aromatic rings. The van der Waals surface area contributed by atoms with Crippen molar-refractivity contribution in [2.45, 2.75) is 31.8 Å². The molecule has 1 atom stereocenters. The molecule has 1 N–H and O–H groups in total. The highest BCUT2D eigenvalue weighted by Crippen LogP contribution is 2.24. The molecule has 1 saturated heterocycles. The van der Waals surface area contributed by atoms with Crippen molar-refractivity contribution in [1.82, 2.24) is 0 Å². The van der Waals surface area contributed by atoms with Crippen LogP contribution in [0.4, 0.5) is 14.5 Å². The van der Waals surface area contributed by atoms with Gasteiger partial charge in [-0.1, -0.05) is 0 Å². The van der Waals surface area contributed by atoms with E-state index in [4.69, 9.17) is 4.74 Å². The molecule has 0 aliphatic carbocycles. The number of anilines is 1. The Balaban J connectivity index is 1.96. The summed E-state index contributed by atoms with van der Waals surface area (Å²) in [6, 6.07) is 1.95. The number of hydrogen-bond donors (Lipinski definition) is 1. The summed E-state index contributed by atoms with van der Waals surface area (Å²) in [7, 11) is 0. The summed E-state index contributed by atoms with van der Waals surface area (Å²) >= 11 is 2.88. The second kappa shape index (κ2) is 6.43. The van der Waals surface area contributed by atoms with Crippen LogP contribution in [0.25, 0.3) is 0 Å². The van der Waals surface area contributed by atoms with E-state index in [9.17, 15) is 13.6 Å². The van der Waals surface area contributed by atoms with Crippen molar-refractivity contribution < 1.29 is 18.3 Å². The Labute approximate surface area is 118 Å². The number of ether oxygens (including phenoxy) is 1. The highest BCUT2D eigenvalue weighted by Gasteiger charge is 2.19. The van der Waals surface area contributed by atoms with E-state index in [0.29, 0.717) is 6.61 Å². The number of halogens is 3. The van der Waals surface area contributed by atoms with Crippen molar-refractivity contribution in [3.63, 3.8) is 0 Å². The molecule has 0 aromatic heterocycles. The molecule has 2 rings (SSSR count). The third-order valence-electron chi connectivity index (χ3n) is 2.97. The minimum Gasteiger partial charge on any atom is -0.378 e. The highest BCUT2D eigenvalue weighted by atomic mass is 79.9. The summed E-state index contributed by atoms with van der Waals surface area (Å²) < 4.78 is 32.3. The Hall–Kier alpha value is -1.01. The topological polar surface area (TPSA) is 38.3 Å². The lowest BCUT2D eigenvalue weighted by Crippen LogP contribution is -2.25. The Morgan fingerprint density at radius 2 is 2.16 bits per heavy atom. The summed E-state index contributed by atoms with van der Waals surface area (Å²) in [4.78, 5) is 11.7. The Morgan fingerprint density at radius 1 is 1.37 bits per heavy atom. The van der Waals surface area contributed by atoms with E-state index < -0.39 is 11.6 Å². The van der Waals surface area contributed by atoms with Crippen LogP contribution in [-0.4, -0.2) is 18.6 Å². The fourth-order valence-electron chi connectivity index (χ4n) is 1.99. The van der Waals surface area contributed by atoms with Gasteiger partial charge < -0.3 is 10.1 Å². The Morgan fingerprint density at radius 3 is 2.84 bits per heavy atom. The average Bonchev–Trinajstić information content (AvgIpc) is 2.37. The Kier molecular flexibility index (Phi) is 4.87. The maximum absolute atomic E-state index is 13.5. The molecule has 0 bridgehead atoms. The van der Waals surface area contributed by atoms with Gasteiger partial charge in [-0.2, -0.15) is 0 Å². The van der Waals surface area contributed by atoms with Crippen molar-refractivity contribution in [3.8, 4) is 0 Å². The van der Waals surface area contributed by atoms with E-state index in [1.165, 1.54) is 0 Å². The van der Waals surface area contributed by atoms with E-state index in [0.717, 1.165) is 31.4 Å². The van der Waals surface area contributed by atoms with Crippen LogP contribution in [-0.2, 0) is 9.53 Å². The molecule has 1 aliphatic heterocycles. The minimum absolute atomic E-state index is 0.0265. The Bertz CT molecular complexity index is 476. The van der Waals surface area contributed by atoms with Gasteiger partial charge in [-0.25, -0.2) is 8.78 Å². The standard InChI is InChI=1S/C13H14BrF2NO2/c14-9-6-11(16)12(7-10(9)15)17-13(18)5-8-3-1-2-4-19-8/h6-8H,1-5H2,(H,17,18). The van der Waals surface area contributed by atoms with E-state index in [1.807, 2.05) is 0 Å². The summed E-state index contributed by atoms with van der Waals surface area (Å²) in [5.41, 5.74) is -0.151. The number of benzene rings is 1. The number of carbonyl (C=O) groups is 1. The third-order valence-corrected chi connectivity index (χ3v) is 3.58. The van der Waals surface area contributed by atoms with Gasteiger partial charge in [-0.05, 0) is 41.3 Å².